The van der Waals surface area contributed by atoms with E-state index in [1.165, 1.54) is 18.2 Å². The zero-order chi connectivity index (χ0) is 14.3. The maximum Gasteiger partial charge on any atom is 0.269 e. The molecule has 0 radical (unpaired) electrons. The van der Waals surface area contributed by atoms with Crippen LogP contribution in [0.5, 0.6) is 0 Å². The van der Waals surface area contributed by atoms with Gasteiger partial charge in [0.05, 0.1) is 4.92 Å². The molecule has 0 aliphatic rings. The van der Waals surface area contributed by atoms with Crippen molar-refractivity contribution in [2.75, 3.05) is 6.54 Å². The summed E-state index contributed by atoms with van der Waals surface area (Å²) in [6.07, 6.45) is 4.01. The molecule has 19 heavy (non-hydrogen) atoms. The first-order valence-electron chi connectivity index (χ1n) is 6.19. The van der Waals surface area contributed by atoms with Crippen molar-refractivity contribution in [3.63, 3.8) is 0 Å². The van der Waals surface area contributed by atoms with E-state index in [2.05, 4.69) is 19.2 Å². The Morgan fingerprint density at radius 2 is 2.00 bits per heavy atom. The van der Waals surface area contributed by atoms with Gasteiger partial charge in [-0.2, -0.15) is 0 Å². The van der Waals surface area contributed by atoms with Crippen LogP contribution in [0.15, 0.2) is 30.3 Å². The van der Waals surface area contributed by atoms with Crippen molar-refractivity contribution in [1.29, 1.82) is 0 Å². The van der Waals surface area contributed by atoms with Crippen molar-refractivity contribution in [3.8, 4) is 0 Å². The Bertz CT molecular complexity index is 464. The first kappa shape index (κ1) is 14.9. The lowest BCUT2D eigenvalue weighted by Gasteiger charge is -2.04. The zero-order valence-electron chi connectivity index (χ0n) is 11.1. The number of non-ortho nitro benzene ring substituents is 1. The summed E-state index contributed by atoms with van der Waals surface area (Å²) in [5.41, 5.74) is 0.795. The van der Waals surface area contributed by atoms with Gasteiger partial charge in [0.1, 0.15) is 0 Å². The lowest BCUT2D eigenvalue weighted by atomic mass is 10.1. The van der Waals surface area contributed by atoms with Gasteiger partial charge in [-0.05, 0) is 36.1 Å². The van der Waals surface area contributed by atoms with Crippen LogP contribution in [-0.2, 0) is 4.79 Å². The van der Waals surface area contributed by atoms with Crippen LogP contribution >= 0.6 is 0 Å². The van der Waals surface area contributed by atoms with Crippen molar-refractivity contribution >= 4 is 17.7 Å². The van der Waals surface area contributed by atoms with E-state index in [-0.39, 0.29) is 11.6 Å². The van der Waals surface area contributed by atoms with Crippen LogP contribution in [0.2, 0.25) is 0 Å². The fraction of sp³-hybridized carbons (Fsp3) is 0.357. The fourth-order valence-electron chi connectivity index (χ4n) is 1.42. The highest BCUT2D eigenvalue weighted by molar-refractivity contribution is 5.91. The number of nitro benzene ring substituents is 1. The molecule has 0 fully saturated rings. The third-order valence-electron chi connectivity index (χ3n) is 2.55. The quantitative estimate of drug-likeness (QED) is 0.486. The first-order valence-corrected chi connectivity index (χ1v) is 6.19. The van der Waals surface area contributed by atoms with Crippen LogP contribution in [0.3, 0.4) is 0 Å². The molecule has 0 aliphatic carbocycles. The maximum atomic E-state index is 11.5. The molecule has 5 nitrogen and oxygen atoms in total. The Morgan fingerprint density at radius 1 is 1.37 bits per heavy atom. The van der Waals surface area contributed by atoms with E-state index in [0.717, 1.165) is 12.0 Å². The summed E-state index contributed by atoms with van der Waals surface area (Å²) in [6.45, 7) is 4.85. The van der Waals surface area contributed by atoms with E-state index < -0.39 is 4.92 Å². The number of nitrogens with one attached hydrogen (secondary N) is 1. The Balaban J connectivity index is 2.47. The second-order valence-corrected chi connectivity index (χ2v) is 4.66. The number of hydrogen-bond donors (Lipinski definition) is 1. The summed E-state index contributed by atoms with van der Waals surface area (Å²) >= 11 is 0. The molecule has 1 aromatic carbocycles. The fourth-order valence-corrected chi connectivity index (χ4v) is 1.42. The number of benzene rings is 1. The van der Waals surface area contributed by atoms with Crippen LogP contribution < -0.4 is 5.32 Å². The van der Waals surface area contributed by atoms with Crippen LogP contribution in [0.25, 0.3) is 6.08 Å². The van der Waals surface area contributed by atoms with Crippen LogP contribution in [0.4, 0.5) is 5.69 Å². The number of amides is 1. The zero-order valence-corrected chi connectivity index (χ0v) is 11.1. The lowest BCUT2D eigenvalue weighted by molar-refractivity contribution is -0.384. The molecule has 0 aliphatic heterocycles. The van der Waals surface area contributed by atoms with Gasteiger partial charge in [-0.25, -0.2) is 0 Å². The van der Waals surface area contributed by atoms with Crippen molar-refractivity contribution < 1.29 is 9.72 Å². The summed E-state index contributed by atoms with van der Waals surface area (Å²) in [5, 5.41) is 13.3. The number of hydrogen-bond acceptors (Lipinski definition) is 3. The number of nitro groups is 1. The Morgan fingerprint density at radius 3 is 2.53 bits per heavy atom. The molecule has 0 heterocycles. The van der Waals surface area contributed by atoms with Crippen LogP contribution in [0.1, 0.15) is 25.8 Å². The first-order chi connectivity index (χ1) is 8.99. The monoisotopic (exact) mass is 262 g/mol. The minimum Gasteiger partial charge on any atom is -0.353 e. The van der Waals surface area contributed by atoms with Crippen LogP contribution in [0, 0.1) is 16.0 Å². The standard InChI is InChI=1S/C14H18N2O3/c1-11(2)9-10-15-14(17)8-5-12-3-6-13(7-4-12)16(18)19/h3-8,11H,9-10H2,1-2H3,(H,15,17)/b8-5+. The average molecular weight is 262 g/mol. The summed E-state index contributed by atoms with van der Waals surface area (Å²) in [4.78, 5) is 21.5. The summed E-state index contributed by atoms with van der Waals surface area (Å²) in [6, 6.07) is 6.04. The van der Waals surface area contributed by atoms with Crippen molar-refractivity contribution in [2.45, 2.75) is 20.3 Å². The minimum atomic E-state index is -0.452. The maximum absolute atomic E-state index is 11.5. The number of rotatable bonds is 6. The molecular weight excluding hydrogens is 244 g/mol. The van der Waals surface area contributed by atoms with E-state index in [1.807, 2.05) is 0 Å². The number of carbonyl (C=O) groups excluding carboxylic acids is 1. The van der Waals surface area contributed by atoms with Gasteiger partial charge in [0, 0.05) is 24.8 Å². The van der Waals surface area contributed by atoms with Crippen molar-refractivity contribution in [2.24, 2.45) is 5.92 Å². The lowest BCUT2D eigenvalue weighted by Crippen LogP contribution is -2.23. The Kier molecular flexibility index (Phi) is 5.73. The van der Waals surface area contributed by atoms with E-state index in [1.54, 1.807) is 18.2 Å². The molecule has 0 unspecified atom stereocenters. The molecule has 0 bridgehead atoms. The van der Waals surface area contributed by atoms with Gasteiger partial charge in [-0.3, -0.25) is 14.9 Å². The molecular formula is C14H18N2O3. The second kappa shape index (κ2) is 7.31. The Labute approximate surface area is 112 Å². The molecule has 1 N–H and O–H groups in total. The summed E-state index contributed by atoms with van der Waals surface area (Å²) < 4.78 is 0. The van der Waals surface area contributed by atoms with Gasteiger partial charge >= 0.3 is 0 Å². The molecule has 1 rings (SSSR count). The minimum absolute atomic E-state index is 0.0403. The SMILES string of the molecule is CC(C)CCNC(=O)/C=C/c1ccc([N+](=O)[O-])cc1. The molecule has 1 aromatic rings. The van der Waals surface area contributed by atoms with Gasteiger partial charge in [0.15, 0.2) is 0 Å². The molecule has 0 saturated heterocycles. The highest BCUT2D eigenvalue weighted by Crippen LogP contribution is 2.12. The van der Waals surface area contributed by atoms with Gasteiger partial charge in [0.2, 0.25) is 5.91 Å². The van der Waals surface area contributed by atoms with Gasteiger partial charge in [-0.15, -0.1) is 0 Å². The largest absolute Gasteiger partial charge is 0.353 e. The summed E-state index contributed by atoms with van der Waals surface area (Å²) in [5.74, 6) is 0.401. The molecule has 5 heteroatoms. The molecule has 0 atom stereocenters. The van der Waals surface area contributed by atoms with Gasteiger partial charge in [-0.1, -0.05) is 13.8 Å². The van der Waals surface area contributed by atoms with Crippen molar-refractivity contribution in [3.05, 3.63) is 46.0 Å². The van der Waals surface area contributed by atoms with Gasteiger partial charge < -0.3 is 5.32 Å². The average Bonchev–Trinajstić information content (AvgIpc) is 2.36. The third-order valence-corrected chi connectivity index (χ3v) is 2.55. The molecule has 102 valence electrons. The Hall–Kier alpha value is -2.17. The highest BCUT2D eigenvalue weighted by atomic mass is 16.6. The van der Waals surface area contributed by atoms with E-state index in [9.17, 15) is 14.9 Å². The van der Waals surface area contributed by atoms with Crippen LogP contribution in [-0.4, -0.2) is 17.4 Å². The second-order valence-electron chi connectivity index (χ2n) is 4.66. The summed E-state index contributed by atoms with van der Waals surface area (Å²) in [7, 11) is 0. The predicted molar refractivity (Wildman–Crippen MR) is 74.6 cm³/mol. The van der Waals surface area contributed by atoms with Gasteiger partial charge in [0.25, 0.3) is 5.69 Å². The predicted octanol–water partition coefficient (Wildman–Crippen LogP) is 2.77. The normalized spacial score (nSPS) is 10.9. The van der Waals surface area contributed by atoms with Crippen molar-refractivity contribution in [1.82, 2.24) is 5.32 Å². The van der Waals surface area contributed by atoms with E-state index in [4.69, 9.17) is 0 Å². The molecule has 0 saturated carbocycles. The topological polar surface area (TPSA) is 72.2 Å². The number of carbonyl (C=O) groups is 1. The highest BCUT2D eigenvalue weighted by Gasteiger charge is 2.02. The molecule has 1 amide bonds. The van der Waals surface area contributed by atoms with E-state index >= 15 is 0 Å². The molecule has 0 aromatic heterocycles. The number of nitrogens with zero attached hydrogens (tertiary/aromatic N) is 1. The third kappa shape index (κ3) is 5.81. The van der Waals surface area contributed by atoms with E-state index in [0.29, 0.717) is 12.5 Å². The molecule has 0 spiro atoms. The smallest absolute Gasteiger partial charge is 0.269 e.